The zero-order chi connectivity index (χ0) is 21.8. The van der Waals surface area contributed by atoms with Crippen molar-refractivity contribution >= 4 is 45.7 Å². The van der Waals surface area contributed by atoms with E-state index in [4.69, 9.17) is 16.1 Å². The van der Waals surface area contributed by atoms with E-state index >= 15 is 0 Å². The van der Waals surface area contributed by atoms with Gasteiger partial charge >= 0.3 is 0 Å². The van der Waals surface area contributed by atoms with E-state index in [9.17, 15) is 4.79 Å². The number of aromatic nitrogens is 3. The minimum Gasteiger partial charge on any atom is -0.338 e. The van der Waals surface area contributed by atoms with Crippen LogP contribution in [0.5, 0.6) is 0 Å². The Bertz CT molecular complexity index is 1220. The Kier molecular flexibility index (Phi) is 6.70. The number of benzene rings is 2. The molecule has 9 heteroatoms. The number of nitrogens with one attached hydrogen (secondary N) is 1. The largest absolute Gasteiger partial charge is 0.338 e. The summed E-state index contributed by atoms with van der Waals surface area (Å²) in [5.74, 6) is 1.41. The molecule has 6 nitrogen and oxygen atoms in total. The number of carbonyl (C=O) groups excluding carboxylic acids is 1. The molecule has 0 fully saturated rings. The summed E-state index contributed by atoms with van der Waals surface area (Å²) >= 11 is 9.15. The van der Waals surface area contributed by atoms with Gasteiger partial charge in [-0.25, -0.2) is 4.98 Å². The summed E-state index contributed by atoms with van der Waals surface area (Å²) in [4.78, 5) is 23.3. The van der Waals surface area contributed by atoms with Crippen LogP contribution < -0.4 is 5.32 Å². The second-order valence-corrected chi connectivity index (χ2v) is 9.41. The van der Waals surface area contributed by atoms with Gasteiger partial charge in [-0.1, -0.05) is 41.0 Å². The number of anilines is 1. The van der Waals surface area contributed by atoms with Crippen LogP contribution in [0.15, 0.2) is 58.1 Å². The first kappa shape index (κ1) is 21.5. The number of nitrogens with zero attached hydrogens (tertiary/aromatic N) is 3. The lowest BCUT2D eigenvalue weighted by Crippen LogP contribution is -2.12. The molecule has 0 aliphatic carbocycles. The van der Waals surface area contributed by atoms with Crippen molar-refractivity contribution in [2.45, 2.75) is 30.9 Å². The van der Waals surface area contributed by atoms with Gasteiger partial charge in [-0.05, 0) is 43.2 Å². The second kappa shape index (κ2) is 9.64. The number of thioether (sulfide) groups is 1. The fraction of sp³-hybridized carbons (Fsp3) is 0.182. The first-order valence-electron chi connectivity index (χ1n) is 9.50. The number of aryl methyl sites for hydroxylation is 2. The molecule has 2 aromatic heterocycles. The fourth-order valence-corrected chi connectivity index (χ4v) is 4.81. The molecule has 4 rings (SSSR count). The highest BCUT2D eigenvalue weighted by atomic mass is 35.5. The lowest BCUT2D eigenvalue weighted by molar-refractivity contribution is 0.102. The van der Waals surface area contributed by atoms with Crippen molar-refractivity contribution in [3.05, 3.63) is 87.0 Å². The first-order valence-corrected chi connectivity index (χ1v) is 11.7. The number of rotatable bonds is 7. The highest BCUT2D eigenvalue weighted by molar-refractivity contribution is 7.98. The predicted molar refractivity (Wildman–Crippen MR) is 124 cm³/mol. The van der Waals surface area contributed by atoms with Gasteiger partial charge in [-0.15, -0.1) is 23.1 Å². The monoisotopic (exact) mass is 470 g/mol. The summed E-state index contributed by atoms with van der Waals surface area (Å²) in [7, 11) is 0. The van der Waals surface area contributed by atoms with Crippen molar-refractivity contribution in [3.63, 3.8) is 0 Å². The fourth-order valence-electron chi connectivity index (χ4n) is 2.88. The number of thiazole rings is 1. The van der Waals surface area contributed by atoms with Gasteiger partial charge in [-0.2, -0.15) is 4.98 Å². The number of halogens is 1. The van der Waals surface area contributed by atoms with Gasteiger partial charge in [-0.3, -0.25) is 10.1 Å². The number of hydrogen-bond donors (Lipinski definition) is 1. The lowest BCUT2D eigenvalue weighted by Gasteiger charge is -2.07. The average molecular weight is 471 g/mol. The Morgan fingerprint density at radius 3 is 2.84 bits per heavy atom. The summed E-state index contributed by atoms with van der Waals surface area (Å²) in [5.41, 5.74) is 2.73. The molecular weight excluding hydrogens is 452 g/mol. The third-order valence-corrected chi connectivity index (χ3v) is 6.82. The molecule has 2 heterocycles. The zero-order valence-corrected chi connectivity index (χ0v) is 19.3. The number of carbonyl (C=O) groups is 1. The summed E-state index contributed by atoms with van der Waals surface area (Å²) < 4.78 is 5.15. The summed E-state index contributed by atoms with van der Waals surface area (Å²) in [6.07, 6.45) is 2.50. The highest BCUT2D eigenvalue weighted by Gasteiger charge is 2.15. The third-order valence-electron chi connectivity index (χ3n) is 4.44. The van der Waals surface area contributed by atoms with E-state index in [0.717, 1.165) is 25.9 Å². The van der Waals surface area contributed by atoms with E-state index in [1.54, 1.807) is 19.2 Å². The van der Waals surface area contributed by atoms with Crippen molar-refractivity contribution in [3.8, 4) is 0 Å². The van der Waals surface area contributed by atoms with E-state index in [0.29, 0.717) is 34.6 Å². The molecule has 0 saturated heterocycles. The van der Waals surface area contributed by atoms with Gasteiger partial charge in [0, 0.05) is 27.4 Å². The third kappa shape index (κ3) is 5.52. The minimum absolute atomic E-state index is 0.205. The normalized spacial score (nSPS) is 10.9. The SMILES string of the molecule is Cc1noc(CSc2ccccc2C(=O)Nc2ncc(Cc3ccc(C)c(Cl)c3)s2)n1. The van der Waals surface area contributed by atoms with Crippen molar-refractivity contribution in [2.24, 2.45) is 0 Å². The minimum atomic E-state index is -0.205. The Morgan fingerprint density at radius 1 is 1.23 bits per heavy atom. The van der Waals surface area contributed by atoms with Gasteiger partial charge < -0.3 is 4.52 Å². The van der Waals surface area contributed by atoms with Gasteiger partial charge in [0.05, 0.1) is 11.3 Å². The molecule has 2 aromatic carbocycles. The molecule has 0 spiro atoms. The maximum absolute atomic E-state index is 12.9. The maximum atomic E-state index is 12.9. The van der Waals surface area contributed by atoms with Gasteiger partial charge in [0.15, 0.2) is 11.0 Å². The molecule has 0 atom stereocenters. The quantitative estimate of drug-likeness (QED) is 0.337. The topological polar surface area (TPSA) is 80.9 Å². The van der Waals surface area contributed by atoms with Crippen LogP contribution in [0.1, 0.15) is 38.1 Å². The zero-order valence-electron chi connectivity index (χ0n) is 16.9. The first-order chi connectivity index (χ1) is 15.0. The molecule has 0 radical (unpaired) electrons. The van der Waals surface area contributed by atoms with E-state index in [2.05, 4.69) is 26.5 Å². The molecule has 0 aliphatic heterocycles. The Labute approximate surface area is 193 Å². The molecule has 4 aromatic rings. The standard InChI is InChI=1S/C22H19ClN4O2S2/c1-13-7-8-15(10-18(13)23)9-16-11-24-22(31-16)26-21(28)17-5-3-4-6-19(17)30-12-20-25-14(2)27-29-20/h3-8,10-11H,9,12H2,1-2H3,(H,24,26,28). The van der Waals surface area contributed by atoms with Gasteiger partial charge in [0.2, 0.25) is 5.89 Å². The Hall–Kier alpha value is -2.68. The van der Waals surface area contributed by atoms with E-state index in [-0.39, 0.29) is 5.91 Å². The van der Waals surface area contributed by atoms with Crippen LogP contribution in [0.3, 0.4) is 0 Å². The van der Waals surface area contributed by atoms with E-state index in [1.165, 1.54) is 23.1 Å². The van der Waals surface area contributed by atoms with Crippen molar-refractivity contribution in [2.75, 3.05) is 5.32 Å². The molecule has 158 valence electrons. The van der Waals surface area contributed by atoms with Crippen LogP contribution in [-0.2, 0) is 12.2 Å². The van der Waals surface area contributed by atoms with Crippen LogP contribution >= 0.6 is 34.7 Å². The number of amides is 1. The van der Waals surface area contributed by atoms with Crippen molar-refractivity contribution < 1.29 is 9.32 Å². The molecule has 0 aliphatic rings. The summed E-state index contributed by atoms with van der Waals surface area (Å²) in [6.45, 7) is 3.75. The smallest absolute Gasteiger partial charge is 0.258 e. The molecule has 0 bridgehead atoms. The van der Waals surface area contributed by atoms with E-state index in [1.807, 2.05) is 37.3 Å². The second-order valence-electron chi connectivity index (χ2n) is 6.87. The van der Waals surface area contributed by atoms with Crippen LogP contribution in [0.25, 0.3) is 0 Å². The maximum Gasteiger partial charge on any atom is 0.258 e. The highest BCUT2D eigenvalue weighted by Crippen LogP contribution is 2.28. The number of hydrogen-bond acceptors (Lipinski definition) is 7. The van der Waals surface area contributed by atoms with Crippen LogP contribution in [-0.4, -0.2) is 21.0 Å². The molecule has 0 unspecified atom stereocenters. The van der Waals surface area contributed by atoms with Crippen molar-refractivity contribution in [1.29, 1.82) is 0 Å². The molecule has 1 amide bonds. The summed E-state index contributed by atoms with van der Waals surface area (Å²) in [6, 6.07) is 13.4. The molecule has 31 heavy (non-hydrogen) atoms. The molecule has 0 saturated carbocycles. The van der Waals surface area contributed by atoms with Crippen molar-refractivity contribution in [1.82, 2.24) is 15.1 Å². The average Bonchev–Trinajstić information content (AvgIpc) is 3.38. The predicted octanol–water partition coefficient (Wildman–Crippen LogP) is 5.93. The summed E-state index contributed by atoms with van der Waals surface area (Å²) in [5, 5.41) is 8.01. The van der Waals surface area contributed by atoms with Crippen LogP contribution in [0.4, 0.5) is 5.13 Å². The Morgan fingerprint density at radius 2 is 2.06 bits per heavy atom. The Balaban J connectivity index is 1.42. The van der Waals surface area contributed by atoms with Crippen LogP contribution in [0.2, 0.25) is 5.02 Å². The van der Waals surface area contributed by atoms with Crippen LogP contribution in [0, 0.1) is 13.8 Å². The molecular formula is C22H19ClN4O2S2. The lowest BCUT2D eigenvalue weighted by atomic mass is 10.1. The van der Waals surface area contributed by atoms with Gasteiger partial charge in [0.1, 0.15) is 0 Å². The van der Waals surface area contributed by atoms with E-state index < -0.39 is 0 Å². The molecule has 1 N–H and O–H groups in total. The van der Waals surface area contributed by atoms with Gasteiger partial charge in [0.25, 0.3) is 5.91 Å².